The fraction of sp³-hybridized carbons (Fsp3) is 0.682. The minimum Gasteiger partial charge on any atom is -0.453 e. The van der Waals surface area contributed by atoms with Crippen LogP contribution < -0.4 is 4.72 Å². The number of nitrogens with one attached hydrogen (secondary N) is 1. The lowest BCUT2D eigenvalue weighted by Crippen LogP contribution is -2.55. The first kappa shape index (κ1) is 24.9. The second-order valence-corrected chi connectivity index (χ2v) is 10.8. The second kappa shape index (κ2) is 10.9. The van der Waals surface area contributed by atoms with Crippen molar-refractivity contribution in [1.82, 2.24) is 13.9 Å². The van der Waals surface area contributed by atoms with E-state index in [1.807, 2.05) is 6.07 Å². The van der Waals surface area contributed by atoms with Gasteiger partial charge in [-0.25, -0.2) is 9.18 Å². The maximum atomic E-state index is 13.5. The zero-order chi connectivity index (χ0) is 23.3. The fourth-order valence-corrected chi connectivity index (χ4v) is 5.43. The number of halogens is 1. The Hall–Kier alpha value is -1.75. The average molecular weight is 472 g/mol. The van der Waals surface area contributed by atoms with Gasteiger partial charge < -0.3 is 14.4 Å². The van der Waals surface area contributed by atoms with Crippen molar-refractivity contribution in [2.75, 3.05) is 40.9 Å². The first-order valence-electron chi connectivity index (χ1n) is 11.1. The van der Waals surface area contributed by atoms with Gasteiger partial charge in [-0.1, -0.05) is 12.1 Å². The number of rotatable bonds is 7. The van der Waals surface area contributed by atoms with Crippen LogP contribution in [0, 0.1) is 11.7 Å². The Morgan fingerprint density at radius 3 is 2.56 bits per heavy atom. The molecular formula is C22H34FN3O5S. The van der Waals surface area contributed by atoms with Gasteiger partial charge >= 0.3 is 6.09 Å². The molecule has 2 atom stereocenters. The van der Waals surface area contributed by atoms with Crippen LogP contribution in [0.4, 0.5) is 9.18 Å². The normalized spacial score (nSPS) is 26.8. The van der Waals surface area contributed by atoms with Gasteiger partial charge in [-0.2, -0.15) is 17.4 Å². The van der Waals surface area contributed by atoms with Crippen LogP contribution >= 0.6 is 0 Å². The van der Waals surface area contributed by atoms with Crippen LogP contribution in [0.5, 0.6) is 0 Å². The molecular weight excluding hydrogens is 437 g/mol. The number of amides is 1. The summed E-state index contributed by atoms with van der Waals surface area (Å²) in [4.78, 5) is 13.6. The highest BCUT2D eigenvalue weighted by Gasteiger charge is 2.36. The van der Waals surface area contributed by atoms with E-state index in [1.165, 1.54) is 27.3 Å². The first-order valence-corrected chi connectivity index (χ1v) is 12.5. The predicted molar refractivity (Wildman–Crippen MR) is 119 cm³/mol. The molecule has 10 heteroatoms. The third-order valence-electron chi connectivity index (χ3n) is 6.49. The molecule has 1 aliphatic carbocycles. The summed E-state index contributed by atoms with van der Waals surface area (Å²) < 4.78 is 53.2. The van der Waals surface area contributed by atoms with E-state index in [-0.39, 0.29) is 23.9 Å². The molecule has 0 spiro atoms. The molecule has 1 saturated carbocycles. The number of ether oxygens (including phenoxy) is 2. The maximum absolute atomic E-state index is 13.5. The van der Waals surface area contributed by atoms with E-state index in [1.54, 1.807) is 17.0 Å². The first-order chi connectivity index (χ1) is 15.2. The summed E-state index contributed by atoms with van der Waals surface area (Å²) >= 11 is 0. The van der Waals surface area contributed by atoms with Crippen LogP contribution in [-0.4, -0.2) is 76.8 Å². The van der Waals surface area contributed by atoms with E-state index < -0.39 is 16.3 Å². The third-order valence-corrected chi connectivity index (χ3v) is 8.05. The van der Waals surface area contributed by atoms with Gasteiger partial charge in [-0.05, 0) is 55.7 Å². The van der Waals surface area contributed by atoms with Crippen molar-refractivity contribution in [3.63, 3.8) is 0 Å². The SMILES string of the molecule is COC(=O)N1CCC(NS(=O)(=O)N(C)C)C(CO[C@H]2CC[C@@H](c3cccc(F)c3)CC2)C1. The number of carbonyl (C=O) groups is 1. The van der Waals surface area contributed by atoms with Gasteiger partial charge in [0.05, 0.1) is 19.8 Å². The van der Waals surface area contributed by atoms with Crippen molar-refractivity contribution in [1.29, 1.82) is 0 Å². The molecule has 8 nitrogen and oxygen atoms in total. The highest BCUT2D eigenvalue weighted by atomic mass is 32.2. The minimum absolute atomic E-state index is 0.0689. The van der Waals surface area contributed by atoms with E-state index in [4.69, 9.17) is 9.47 Å². The van der Waals surface area contributed by atoms with Crippen LogP contribution in [-0.2, 0) is 19.7 Å². The highest BCUT2D eigenvalue weighted by Crippen LogP contribution is 2.34. The molecule has 1 saturated heterocycles. The lowest BCUT2D eigenvalue weighted by molar-refractivity contribution is -0.0159. The molecule has 1 aromatic carbocycles. The lowest BCUT2D eigenvalue weighted by atomic mass is 9.82. The standard InChI is InChI=1S/C22H34FN3O5S/c1-25(2)32(28,29)24-21-11-12-26(22(27)30-3)14-18(21)15-31-20-9-7-16(8-10-20)17-5-4-6-19(23)13-17/h4-6,13,16,18,20-21,24H,7-12,14-15H2,1-3H3/t16-,18?,20+,21?. The average Bonchev–Trinajstić information content (AvgIpc) is 2.78. The Kier molecular flexibility index (Phi) is 8.49. The Morgan fingerprint density at radius 1 is 1.22 bits per heavy atom. The van der Waals surface area contributed by atoms with Gasteiger partial charge in [0.1, 0.15) is 5.82 Å². The Morgan fingerprint density at radius 2 is 1.94 bits per heavy atom. The highest BCUT2D eigenvalue weighted by molar-refractivity contribution is 7.87. The monoisotopic (exact) mass is 471 g/mol. The Balaban J connectivity index is 1.57. The summed E-state index contributed by atoms with van der Waals surface area (Å²) in [6, 6.07) is 6.46. The van der Waals surface area contributed by atoms with Gasteiger partial charge in [0.2, 0.25) is 0 Å². The van der Waals surface area contributed by atoms with Crippen molar-refractivity contribution in [2.45, 2.75) is 50.2 Å². The third kappa shape index (κ3) is 6.40. The molecule has 0 bridgehead atoms. The van der Waals surface area contributed by atoms with E-state index in [9.17, 15) is 17.6 Å². The number of benzene rings is 1. The quantitative estimate of drug-likeness (QED) is 0.661. The van der Waals surface area contributed by atoms with Crippen molar-refractivity contribution < 1.29 is 27.1 Å². The van der Waals surface area contributed by atoms with E-state index >= 15 is 0 Å². The number of carbonyl (C=O) groups excluding carboxylic acids is 1. The maximum Gasteiger partial charge on any atom is 0.409 e. The molecule has 0 aromatic heterocycles. The topological polar surface area (TPSA) is 88.2 Å². The molecule has 1 aromatic rings. The van der Waals surface area contributed by atoms with Gasteiger partial charge in [0, 0.05) is 39.1 Å². The van der Waals surface area contributed by atoms with Gasteiger partial charge in [-0.15, -0.1) is 0 Å². The summed E-state index contributed by atoms with van der Waals surface area (Å²) in [7, 11) is 0.704. The van der Waals surface area contributed by atoms with Gasteiger partial charge in [-0.3, -0.25) is 0 Å². The number of methoxy groups -OCH3 is 1. The largest absolute Gasteiger partial charge is 0.453 e. The lowest BCUT2D eigenvalue weighted by Gasteiger charge is -2.39. The fourth-order valence-electron chi connectivity index (χ4n) is 4.53. The van der Waals surface area contributed by atoms with Crippen molar-refractivity contribution in [3.05, 3.63) is 35.6 Å². The van der Waals surface area contributed by atoms with Crippen molar-refractivity contribution in [2.24, 2.45) is 5.92 Å². The van der Waals surface area contributed by atoms with Crippen LogP contribution in [0.1, 0.15) is 43.6 Å². The van der Waals surface area contributed by atoms with Crippen LogP contribution in [0.15, 0.2) is 24.3 Å². The van der Waals surface area contributed by atoms with Crippen LogP contribution in [0.3, 0.4) is 0 Å². The molecule has 2 unspecified atom stereocenters. The summed E-state index contributed by atoms with van der Waals surface area (Å²) in [6.07, 6.45) is 3.71. The molecule has 32 heavy (non-hydrogen) atoms. The summed E-state index contributed by atoms with van der Waals surface area (Å²) in [5, 5.41) is 0. The van der Waals surface area contributed by atoms with Gasteiger partial charge in [0.15, 0.2) is 0 Å². The Labute approximate surface area is 190 Å². The molecule has 3 rings (SSSR count). The summed E-state index contributed by atoms with van der Waals surface area (Å²) in [6.45, 7) is 1.14. The smallest absolute Gasteiger partial charge is 0.409 e. The number of piperidine rings is 1. The number of nitrogens with zero attached hydrogens (tertiary/aromatic N) is 2. The van der Waals surface area contributed by atoms with E-state index in [0.717, 1.165) is 35.6 Å². The number of likely N-dealkylation sites (tertiary alicyclic amines) is 1. The molecule has 1 amide bonds. The summed E-state index contributed by atoms with van der Waals surface area (Å²) in [5.74, 6) is -0.0623. The van der Waals surface area contributed by atoms with Crippen LogP contribution in [0.2, 0.25) is 0 Å². The molecule has 0 radical (unpaired) electrons. The Bertz CT molecular complexity index is 874. The molecule has 1 N–H and O–H groups in total. The molecule has 1 heterocycles. The van der Waals surface area contributed by atoms with Crippen molar-refractivity contribution in [3.8, 4) is 0 Å². The number of hydrogen-bond donors (Lipinski definition) is 1. The zero-order valence-corrected chi connectivity index (χ0v) is 19.8. The second-order valence-electron chi connectivity index (χ2n) is 8.84. The summed E-state index contributed by atoms with van der Waals surface area (Å²) in [5.41, 5.74) is 1.03. The number of hydrogen-bond acceptors (Lipinski definition) is 5. The molecule has 180 valence electrons. The molecule has 2 aliphatic rings. The molecule has 2 fully saturated rings. The van der Waals surface area contributed by atoms with E-state index in [0.29, 0.717) is 32.0 Å². The minimum atomic E-state index is -3.60. The zero-order valence-electron chi connectivity index (χ0n) is 19.0. The van der Waals surface area contributed by atoms with Crippen molar-refractivity contribution >= 4 is 16.3 Å². The predicted octanol–water partition coefficient (Wildman–Crippen LogP) is 2.72. The van der Waals surface area contributed by atoms with Gasteiger partial charge in [0.25, 0.3) is 10.2 Å². The van der Waals surface area contributed by atoms with E-state index in [2.05, 4.69) is 4.72 Å². The van der Waals surface area contributed by atoms with Crippen LogP contribution in [0.25, 0.3) is 0 Å². The molecule has 1 aliphatic heterocycles.